The van der Waals surface area contributed by atoms with Gasteiger partial charge in [-0.15, -0.1) is 11.3 Å². The van der Waals surface area contributed by atoms with E-state index in [2.05, 4.69) is 27.9 Å². The Balaban J connectivity index is 1.65. The molecule has 0 saturated heterocycles. The van der Waals surface area contributed by atoms with Gasteiger partial charge in [-0.1, -0.05) is 18.2 Å². The molecule has 0 saturated carbocycles. The SMILES string of the molecule is CCOC(=O)c1c(NC(=O)CN(c2ccc(I)cc2)S(=O)(=O)c2ccccc2)sc2c1CCC2. The highest BCUT2D eigenvalue weighted by molar-refractivity contribution is 14.1. The Hall–Kier alpha value is -2.44. The number of rotatable bonds is 8. The molecule has 1 N–H and O–H groups in total. The van der Waals surface area contributed by atoms with Crippen molar-refractivity contribution in [3.63, 3.8) is 0 Å². The van der Waals surface area contributed by atoms with Gasteiger partial charge in [-0.3, -0.25) is 9.10 Å². The monoisotopic (exact) mass is 610 g/mol. The van der Waals surface area contributed by atoms with Gasteiger partial charge in [0.15, 0.2) is 0 Å². The minimum Gasteiger partial charge on any atom is -0.462 e. The number of esters is 1. The van der Waals surface area contributed by atoms with E-state index in [4.69, 9.17) is 4.74 Å². The Morgan fingerprint density at radius 3 is 2.47 bits per heavy atom. The summed E-state index contributed by atoms with van der Waals surface area (Å²) in [5.74, 6) is -1.01. The number of nitrogens with one attached hydrogen (secondary N) is 1. The van der Waals surface area contributed by atoms with Crippen molar-refractivity contribution >= 4 is 66.5 Å². The number of benzene rings is 2. The van der Waals surface area contributed by atoms with Crippen LogP contribution < -0.4 is 9.62 Å². The predicted octanol–water partition coefficient (Wildman–Crippen LogP) is 4.85. The van der Waals surface area contributed by atoms with Crippen molar-refractivity contribution in [1.82, 2.24) is 0 Å². The first-order valence-electron chi connectivity index (χ1n) is 10.8. The van der Waals surface area contributed by atoms with Crippen LogP contribution in [0.2, 0.25) is 0 Å². The number of nitrogens with zero attached hydrogens (tertiary/aromatic N) is 1. The van der Waals surface area contributed by atoms with Crippen molar-refractivity contribution < 1.29 is 22.7 Å². The summed E-state index contributed by atoms with van der Waals surface area (Å²) >= 11 is 3.49. The topological polar surface area (TPSA) is 92.8 Å². The average molecular weight is 610 g/mol. The summed E-state index contributed by atoms with van der Waals surface area (Å²) in [4.78, 5) is 26.9. The maximum Gasteiger partial charge on any atom is 0.341 e. The second-order valence-corrected chi connectivity index (χ2v) is 11.8. The fourth-order valence-electron chi connectivity index (χ4n) is 3.85. The standard InChI is InChI=1S/C24H23IN2O5S2/c1-2-32-24(29)22-19-9-6-10-20(19)33-23(22)26-21(28)15-27(17-13-11-16(25)12-14-17)34(30,31)18-7-4-3-5-8-18/h3-5,7-8,11-14H,2,6,9-10,15H2,1H3,(H,26,28). The third kappa shape index (κ3) is 5.13. The first-order chi connectivity index (χ1) is 16.3. The zero-order chi connectivity index (χ0) is 24.3. The summed E-state index contributed by atoms with van der Waals surface area (Å²) in [7, 11) is -4.00. The van der Waals surface area contributed by atoms with Crippen LogP contribution in [0.1, 0.15) is 34.1 Å². The van der Waals surface area contributed by atoms with Crippen LogP contribution in [0.5, 0.6) is 0 Å². The van der Waals surface area contributed by atoms with E-state index in [0.717, 1.165) is 37.6 Å². The third-order valence-corrected chi connectivity index (χ3v) is 9.10. The van der Waals surface area contributed by atoms with Gasteiger partial charge < -0.3 is 10.1 Å². The molecule has 0 spiro atoms. The summed E-state index contributed by atoms with van der Waals surface area (Å²) in [5, 5.41) is 3.20. The van der Waals surface area contributed by atoms with Gasteiger partial charge in [0.25, 0.3) is 10.0 Å². The van der Waals surface area contributed by atoms with Crippen molar-refractivity contribution in [2.45, 2.75) is 31.1 Å². The molecule has 2 aromatic carbocycles. The lowest BCUT2D eigenvalue weighted by Gasteiger charge is -2.24. The lowest BCUT2D eigenvalue weighted by Crippen LogP contribution is -2.38. The van der Waals surface area contributed by atoms with Gasteiger partial charge in [-0.05, 0) is 90.7 Å². The zero-order valence-corrected chi connectivity index (χ0v) is 22.2. The number of carbonyl (C=O) groups is 2. The van der Waals surface area contributed by atoms with Gasteiger partial charge >= 0.3 is 5.97 Å². The molecule has 1 aromatic heterocycles. The first kappa shape index (κ1) is 24.7. The summed E-state index contributed by atoms with van der Waals surface area (Å²) < 4.78 is 34.1. The first-order valence-corrected chi connectivity index (χ1v) is 14.1. The number of carbonyl (C=O) groups excluding carboxylic acids is 2. The highest BCUT2D eigenvalue weighted by atomic mass is 127. The van der Waals surface area contributed by atoms with E-state index in [1.165, 1.54) is 23.5 Å². The van der Waals surface area contributed by atoms with E-state index in [0.29, 0.717) is 16.3 Å². The van der Waals surface area contributed by atoms with E-state index in [1.807, 2.05) is 0 Å². The van der Waals surface area contributed by atoms with Gasteiger partial charge in [0, 0.05) is 8.45 Å². The maximum absolute atomic E-state index is 13.5. The number of fused-ring (bicyclic) bond motifs is 1. The maximum atomic E-state index is 13.5. The Labute approximate surface area is 216 Å². The molecule has 1 heterocycles. The molecular weight excluding hydrogens is 587 g/mol. The van der Waals surface area contributed by atoms with E-state index in [-0.39, 0.29) is 11.5 Å². The minimum atomic E-state index is -4.00. The Kier molecular flexibility index (Phi) is 7.58. The molecule has 0 unspecified atom stereocenters. The third-order valence-electron chi connectivity index (χ3n) is 5.39. The summed E-state index contributed by atoms with van der Waals surface area (Å²) in [6, 6.07) is 14.9. The van der Waals surface area contributed by atoms with Crippen LogP contribution in [0.3, 0.4) is 0 Å². The highest BCUT2D eigenvalue weighted by Crippen LogP contribution is 2.39. The van der Waals surface area contributed by atoms with Crippen LogP contribution in [-0.2, 0) is 32.4 Å². The molecule has 3 aromatic rings. The van der Waals surface area contributed by atoms with E-state index in [9.17, 15) is 18.0 Å². The number of hydrogen-bond acceptors (Lipinski definition) is 6. The minimum absolute atomic E-state index is 0.0867. The second kappa shape index (κ2) is 10.4. The Bertz CT molecular complexity index is 1310. The number of anilines is 2. The number of hydrogen-bond donors (Lipinski definition) is 1. The van der Waals surface area contributed by atoms with Crippen molar-refractivity contribution in [3.8, 4) is 0 Å². The normalized spacial score (nSPS) is 12.8. The fraction of sp³-hybridized carbons (Fsp3) is 0.250. The number of aryl methyl sites for hydroxylation is 1. The van der Waals surface area contributed by atoms with Crippen LogP contribution in [-0.4, -0.2) is 33.4 Å². The van der Waals surface area contributed by atoms with Gasteiger partial charge in [-0.2, -0.15) is 0 Å². The van der Waals surface area contributed by atoms with Gasteiger partial charge in [-0.25, -0.2) is 13.2 Å². The summed E-state index contributed by atoms with van der Waals surface area (Å²) in [5.41, 5.74) is 1.68. The predicted molar refractivity (Wildman–Crippen MR) is 141 cm³/mol. The van der Waals surface area contributed by atoms with Crippen molar-refractivity contribution in [2.75, 3.05) is 22.8 Å². The quantitative estimate of drug-likeness (QED) is 0.291. The number of halogens is 1. The van der Waals surface area contributed by atoms with Crippen LogP contribution in [0.25, 0.3) is 0 Å². The van der Waals surface area contributed by atoms with Crippen LogP contribution in [0, 0.1) is 3.57 Å². The molecule has 4 rings (SSSR count). The average Bonchev–Trinajstić information content (AvgIpc) is 3.39. The van der Waals surface area contributed by atoms with Gasteiger partial charge in [0.2, 0.25) is 5.91 Å². The van der Waals surface area contributed by atoms with Gasteiger partial charge in [0.1, 0.15) is 11.5 Å². The zero-order valence-electron chi connectivity index (χ0n) is 18.4. The molecule has 1 aliphatic rings. The van der Waals surface area contributed by atoms with E-state index in [1.54, 1.807) is 49.4 Å². The molecule has 10 heteroatoms. The fourth-order valence-corrected chi connectivity index (χ4v) is 6.95. The molecule has 0 bridgehead atoms. The summed E-state index contributed by atoms with van der Waals surface area (Å²) in [6.45, 7) is 1.52. The molecule has 178 valence electrons. The van der Waals surface area contributed by atoms with Gasteiger partial charge in [0.05, 0.1) is 22.8 Å². The molecule has 34 heavy (non-hydrogen) atoms. The van der Waals surface area contributed by atoms with E-state index >= 15 is 0 Å². The highest BCUT2D eigenvalue weighted by Gasteiger charge is 2.31. The number of ether oxygens (including phenoxy) is 1. The number of sulfonamides is 1. The second-order valence-electron chi connectivity index (χ2n) is 7.63. The van der Waals surface area contributed by atoms with Crippen molar-refractivity contribution in [1.29, 1.82) is 0 Å². The summed E-state index contributed by atoms with van der Waals surface area (Å²) in [6.07, 6.45) is 2.56. The van der Waals surface area contributed by atoms with Crippen LogP contribution in [0.4, 0.5) is 10.7 Å². The molecule has 0 atom stereocenters. The van der Waals surface area contributed by atoms with Crippen molar-refractivity contribution in [2.24, 2.45) is 0 Å². The molecule has 0 aliphatic heterocycles. The molecule has 1 amide bonds. The Morgan fingerprint density at radius 2 is 1.79 bits per heavy atom. The largest absolute Gasteiger partial charge is 0.462 e. The molecule has 7 nitrogen and oxygen atoms in total. The smallest absolute Gasteiger partial charge is 0.341 e. The van der Waals surface area contributed by atoms with Crippen LogP contribution in [0.15, 0.2) is 59.5 Å². The number of thiophene rings is 1. The molecule has 0 radical (unpaired) electrons. The molecular formula is C24H23IN2O5S2. The Morgan fingerprint density at radius 1 is 1.09 bits per heavy atom. The number of amides is 1. The van der Waals surface area contributed by atoms with Crippen LogP contribution >= 0.6 is 33.9 Å². The molecule has 1 aliphatic carbocycles. The lowest BCUT2D eigenvalue weighted by atomic mass is 10.1. The molecule has 0 fully saturated rings. The van der Waals surface area contributed by atoms with E-state index < -0.39 is 28.4 Å². The van der Waals surface area contributed by atoms with Crippen molar-refractivity contribution in [3.05, 3.63) is 74.2 Å². The lowest BCUT2D eigenvalue weighted by molar-refractivity contribution is -0.114.